The fraction of sp³-hybridized carbons (Fsp3) is 0.304. The summed E-state index contributed by atoms with van der Waals surface area (Å²) in [6, 6.07) is 14.1. The monoisotopic (exact) mass is 334 g/mol. The summed E-state index contributed by atoms with van der Waals surface area (Å²) in [6.07, 6.45) is 5.00. The van der Waals surface area contributed by atoms with E-state index in [2.05, 4.69) is 6.92 Å². The Morgan fingerprint density at radius 3 is 2.20 bits per heavy atom. The molecule has 0 bridgehead atoms. The normalized spacial score (nSPS) is 13.6. The van der Waals surface area contributed by atoms with Crippen LogP contribution in [0.5, 0.6) is 0 Å². The van der Waals surface area contributed by atoms with Gasteiger partial charge in [-0.05, 0) is 55.4 Å². The van der Waals surface area contributed by atoms with Gasteiger partial charge in [0.15, 0.2) is 5.78 Å². The first kappa shape index (κ1) is 18.9. The van der Waals surface area contributed by atoms with Crippen molar-refractivity contribution in [2.45, 2.75) is 40.0 Å². The van der Waals surface area contributed by atoms with Gasteiger partial charge in [0.05, 0.1) is 0 Å². The van der Waals surface area contributed by atoms with Crippen molar-refractivity contribution in [1.82, 2.24) is 0 Å². The zero-order chi connectivity index (χ0) is 18.4. The molecule has 0 aliphatic carbocycles. The lowest BCUT2D eigenvalue weighted by molar-refractivity contribution is -0.108. The van der Waals surface area contributed by atoms with Crippen molar-refractivity contribution in [3.63, 3.8) is 0 Å². The predicted octanol–water partition coefficient (Wildman–Crippen LogP) is 5.36. The summed E-state index contributed by atoms with van der Waals surface area (Å²) in [5.74, 6) is 0.213. The van der Waals surface area contributed by atoms with E-state index in [9.17, 15) is 9.59 Å². The van der Waals surface area contributed by atoms with E-state index in [4.69, 9.17) is 0 Å². The molecule has 0 saturated carbocycles. The van der Waals surface area contributed by atoms with Crippen molar-refractivity contribution in [2.75, 3.05) is 0 Å². The van der Waals surface area contributed by atoms with E-state index in [1.54, 1.807) is 6.08 Å². The molecule has 0 aliphatic rings. The number of carbonyl (C=O) groups excluding carboxylic acids is 2. The smallest absolute Gasteiger partial charge is 0.186 e. The number of allylic oxidation sites excluding steroid dienone is 2. The quantitative estimate of drug-likeness (QED) is 0.388. The second-order valence-corrected chi connectivity index (χ2v) is 6.78. The molecule has 2 rings (SSSR count). The highest BCUT2D eigenvalue weighted by molar-refractivity contribution is 6.06. The van der Waals surface area contributed by atoms with Gasteiger partial charge in [0, 0.05) is 12.0 Å². The van der Waals surface area contributed by atoms with Crippen LogP contribution in [0.1, 0.15) is 51.9 Å². The minimum atomic E-state index is 0.0276. The molecule has 0 unspecified atom stereocenters. The Kier molecular flexibility index (Phi) is 6.46. The Morgan fingerprint density at radius 1 is 1.04 bits per heavy atom. The SMILES string of the molecule is Cc1cc(C)c(C(=O)/C=C/[C@H](C)[C@@H](CC=O)c2ccccc2)c(C)c1. The van der Waals surface area contributed by atoms with Gasteiger partial charge in [-0.25, -0.2) is 0 Å². The van der Waals surface area contributed by atoms with Gasteiger partial charge >= 0.3 is 0 Å². The lowest BCUT2D eigenvalue weighted by Gasteiger charge is -2.19. The molecule has 0 fully saturated rings. The molecule has 0 aromatic heterocycles. The van der Waals surface area contributed by atoms with Gasteiger partial charge in [-0.3, -0.25) is 4.79 Å². The number of aryl methyl sites for hydroxylation is 3. The van der Waals surface area contributed by atoms with E-state index < -0.39 is 0 Å². The van der Waals surface area contributed by atoms with E-state index in [0.717, 1.165) is 28.5 Å². The Morgan fingerprint density at radius 2 is 1.64 bits per heavy atom. The largest absolute Gasteiger partial charge is 0.303 e. The molecule has 0 spiro atoms. The molecule has 2 aromatic rings. The first-order chi connectivity index (χ1) is 11.9. The van der Waals surface area contributed by atoms with Crippen LogP contribution in [0.15, 0.2) is 54.6 Å². The highest BCUT2D eigenvalue weighted by Crippen LogP contribution is 2.28. The van der Waals surface area contributed by atoms with Crippen LogP contribution >= 0.6 is 0 Å². The molecule has 0 N–H and O–H groups in total. The zero-order valence-corrected chi connectivity index (χ0v) is 15.5. The van der Waals surface area contributed by atoms with Crippen LogP contribution in [0.2, 0.25) is 0 Å². The average molecular weight is 334 g/mol. The summed E-state index contributed by atoms with van der Waals surface area (Å²) in [5, 5.41) is 0. The molecular weight excluding hydrogens is 308 g/mol. The third-order valence-corrected chi connectivity index (χ3v) is 4.69. The Labute approximate surface area is 150 Å². The standard InChI is InChI=1S/C23H26O2/c1-16-14-18(3)23(19(4)15-16)22(25)11-10-17(2)21(12-13-24)20-8-6-5-7-9-20/h5-11,13-15,17,21H,12H2,1-4H3/b11-10+/t17-,21+/m0/s1. The number of rotatable bonds is 7. The molecule has 0 radical (unpaired) electrons. The van der Waals surface area contributed by atoms with Gasteiger partial charge in [0.25, 0.3) is 0 Å². The number of ketones is 1. The van der Waals surface area contributed by atoms with Gasteiger partial charge in [-0.15, -0.1) is 0 Å². The van der Waals surface area contributed by atoms with Crippen LogP contribution in [0.4, 0.5) is 0 Å². The van der Waals surface area contributed by atoms with E-state index in [0.29, 0.717) is 6.42 Å². The van der Waals surface area contributed by atoms with Crippen molar-refractivity contribution in [1.29, 1.82) is 0 Å². The van der Waals surface area contributed by atoms with Crippen molar-refractivity contribution >= 4 is 12.1 Å². The van der Waals surface area contributed by atoms with Gasteiger partial charge in [-0.2, -0.15) is 0 Å². The molecule has 130 valence electrons. The summed E-state index contributed by atoms with van der Waals surface area (Å²) in [4.78, 5) is 23.7. The Balaban J connectivity index is 2.22. The maximum absolute atomic E-state index is 12.7. The molecule has 2 atom stereocenters. The fourth-order valence-corrected chi connectivity index (χ4v) is 3.48. The summed E-state index contributed by atoms with van der Waals surface area (Å²) < 4.78 is 0. The Hall–Kier alpha value is -2.48. The average Bonchev–Trinajstić information content (AvgIpc) is 2.57. The second-order valence-electron chi connectivity index (χ2n) is 6.78. The van der Waals surface area contributed by atoms with Crippen molar-refractivity contribution in [3.05, 3.63) is 82.4 Å². The summed E-state index contributed by atoms with van der Waals surface area (Å²) in [6.45, 7) is 8.04. The molecule has 0 heterocycles. The van der Waals surface area contributed by atoms with E-state index in [1.165, 1.54) is 5.56 Å². The molecule has 2 heteroatoms. The topological polar surface area (TPSA) is 34.1 Å². The number of aldehydes is 1. The third kappa shape index (κ3) is 4.76. The summed E-state index contributed by atoms with van der Waals surface area (Å²) >= 11 is 0. The van der Waals surface area contributed by atoms with Crippen molar-refractivity contribution in [3.8, 4) is 0 Å². The van der Waals surface area contributed by atoms with Gasteiger partial charge in [0.1, 0.15) is 6.29 Å². The first-order valence-corrected chi connectivity index (χ1v) is 8.73. The molecule has 0 amide bonds. The van der Waals surface area contributed by atoms with E-state index in [-0.39, 0.29) is 17.6 Å². The van der Waals surface area contributed by atoms with Crippen LogP contribution in [-0.4, -0.2) is 12.1 Å². The molecule has 0 saturated heterocycles. The van der Waals surface area contributed by atoms with Crippen molar-refractivity contribution < 1.29 is 9.59 Å². The minimum Gasteiger partial charge on any atom is -0.303 e. The Bertz CT molecular complexity index is 749. The number of carbonyl (C=O) groups is 2. The lowest BCUT2D eigenvalue weighted by Crippen LogP contribution is -2.10. The molecule has 25 heavy (non-hydrogen) atoms. The molecular formula is C23H26O2. The number of hydrogen-bond acceptors (Lipinski definition) is 2. The maximum Gasteiger partial charge on any atom is 0.186 e. The number of hydrogen-bond donors (Lipinski definition) is 0. The molecule has 0 aliphatic heterocycles. The van der Waals surface area contributed by atoms with Crippen LogP contribution in [0, 0.1) is 26.7 Å². The zero-order valence-electron chi connectivity index (χ0n) is 15.5. The lowest BCUT2D eigenvalue weighted by atomic mass is 9.84. The number of benzene rings is 2. The van der Waals surface area contributed by atoms with Crippen LogP contribution in [0.3, 0.4) is 0 Å². The minimum absolute atomic E-state index is 0.0276. The van der Waals surface area contributed by atoms with Crippen LogP contribution < -0.4 is 0 Å². The maximum atomic E-state index is 12.7. The molecule has 2 nitrogen and oxygen atoms in total. The highest BCUT2D eigenvalue weighted by Gasteiger charge is 2.17. The van der Waals surface area contributed by atoms with Gasteiger partial charge < -0.3 is 4.79 Å². The first-order valence-electron chi connectivity index (χ1n) is 8.73. The second kappa shape index (κ2) is 8.57. The third-order valence-electron chi connectivity index (χ3n) is 4.69. The van der Waals surface area contributed by atoms with Gasteiger partial charge in [0.2, 0.25) is 0 Å². The summed E-state index contributed by atoms with van der Waals surface area (Å²) in [7, 11) is 0. The molecule has 2 aromatic carbocycles. The van der Waals surface area contributed by atoms with Crippen LogP contribution in [-0.2, 0) is 4.79 Å². The fourth-order valence-electron chi connectivity index (χ4n) is 3.48. The predicted molar refractivity (Wildman–Crippen MR) is 103 cm³/mol. The van der Waals surface area contributed by atoms with Crippen molar-refractivity contribution in [2.24, 2.45) is 5.92 Å². The van der Waals surface area contributed by atoms with Crippen LogP contribution in [0.25, 0.3) is 0 Å². The highest BCUT2D eigenvalue weighted by atomic mass is 16.1. The van der Waals surface area contributed by atoms with E-state index in [1.807, 2.05) is 69.3 Å². The van der Waals surface area contributed by atoms with Gasteiger partial charge in [-0.1, -0.05) is 61.0 Å². The van der Waals surface area contributed by atoms with E-state index >= 15 is 0 Å². The summed E-state index contributed by atoms with van der Waals surface area (Å²) in [5.41, 5.74) is 5.08.